The van der Waals surface area contributed by atoms with Gasteiger partial charge in [0.05, 0.1) is 18.8 Å². The van der Waals surface area contributed by atoms with Gasteiger partial charge in [0, 0.05) is 6.54 Å². The average molecular weight is 257 g/mol. The third-order valence-electron chi connectivity index (χ3n) is 3.65. The summed E-state index contributed by atoms with van der Waals surface area (Å²) in [7, 11) is 3.96. The quantitative estimate of drug-likeness (QED) is 0.822. The summed E-state index contributed by atoms with van der Waals surface area (Å²) in [5.41, 5.74) is 0. The molecule has 1 saturated carbocycles. The molecular formula is C15H31NO2. The molecule has 0 saturated heterocycles. The molecule has 0 amide bonds. The Morgan fingerprint density at radius 2 is 1.50 bits per heavy atom. The molecule has 0 aliphatic heterocycles. The average Bonchev–Trinajstić information content (AvgIpc) is 2.33. The Bertz CT molecular complexity index is 187. The van der Waals surface area contributed by atoms with Gasteiger partial charge in [0.2, 0.25) is 0 Å². The van der Waals surface area contributed by atoms with Crippen LogP contribution in [-0.2, 0) is 4.74 Å². The van der Waals surface area contributed by atoms with Crippen LogP contribution in [0.25, 0.3) is 0 Å². The molecule has 3 heteroatoms. The highest BCUT2D eigenvalue weighted by atomic mass is 16.5. The van der Waals surface area contributed by atoms with Crippen molar-refractivity contribution in [1.29, 1.82) is 0 Å². The molecule has 1 aliphatic rings. The summed E-state index contributed by atoms with van der Waals surface area (Å²) in [6.45, 7) is 1.18. The van der Waals surface area contributed by atoms with Crippen molar-refractivity contribution in [3.05, 3.63) is 0 Å². The van der Waals surface area contributed by atoms with Crippen LogP contribution < -0.4 is 0 Å². The van der Waals surface area contributed by atoms with Crippen LogP contribution in [0.5, 0.6) is 0 Å². The van der Waals surface area contributed by atoms with Gasteiger partial charge in [-0.15, -0.1) is 0 Å². The highest BCUT2D eigenvalue weighted by Gasteiger charge is 2.13. The summed E-state index contributed by atoms with van der Waals surface area (Å²) in [5.74, 6) is 0. The second-order valence-electron chi connectivity index (χ2n) is 5.92. The number of aliphatic hydroxyl groups excluding tert-OH is 1. The van der Waals surface area contributed by atoms with Crippen LogP contribution in [-0.4, -0.2) is 49.5 Å². The van der Waals surface area contributed by atoms with Crippen LogP contribution in [0.3, 0.4) is 0 Å². The molecule has 18 heavy (non-hydrogen) atoms. The Morgan fingerprint density at radius 1 is 1.00 bits per heavy atom. The summed E-state index contributed by atoms with van der Waals surface area (Å²) in [4.78, 5) is 2.00. The first-order chi connectivity index (χ1) is 8.68. The number of likely N-dealkylation sites (N-methyl/N-ethyl adjacent to an activating group) is 1. The SMILES string of the molecule is CN(C)CC(O)COC1CCCCCCCCC1. The largest absolute Gasteiger partial charge is 0.389 e. The zero-order valence-corrected chi connectivity index (χ0v) is 12.2. The number of aliphatic hydroxyl groups is 1. The lowest BCUT2D eigenvalue weighted by atomic mass is 9.99. The molecule has 0 heterocycles. The molecule has 0 radical (unpaired) electrons. The Hall–Kier alpha value is -0.120. The smallest absolute Gasteiger partial charge is 0.0900 e. The fourth-order valence-electron chi connectivity index (χ4n) is 2.66. The zero-order chi connectivity index (χ0) is 13.2. The maximum Gasteiger partial charge on any atom is 0.0900 e. The molecule has 0 spiro atoms. The highest BCUT2D eigenvalue weighted by Crippen LogP contribution is 2.19. The van der Waals surface area contributed by atoms with E-state index in [2.05, 4.69) is 0 Å². The Balaban J connectivity index is 2.19. The molecule has 1 aliphatic carbocycles. The van der Waals surface area contributed by atoms with Gasteiger partial charge >= 0.3 is 0 Å². The minimum atomic E-state index is -0.351. The first kappa shape index (κ1) is 15.9. The fourth-order valence-corrected chi connectivity index (χ4v) is 2.66. The van der Waals surface area contributed by atoms with Gasteiger partial charge in [-0.1, -0.05) is 44.9 Å². The van der Waals surface area contributed by atoms with Gasteiger partial charge in [-0.25, -0.2) is 0 Å². The van der Waals surface area contributed by atoms with E-state index in [0.717, 1.165) is 0 Å². The molecule has 0 aromatic rings. The maximum absolute atomic E-state index is 9.81. The van der Waals surface area contributed by atoms with Crippen molar-refractivity contribution in [3.8, 4) is 0 Å². The standard InChI is InChI=1S/C15H31NO2/c1-16(2)12-14(17)13-18-15-10-8-6-4-3-5-7-9-11-15/h14-15,17H,3-13H2,1-2H3. The number of hydrogen-bond acceptors (Lipinski definition) is 3. The molecule has 108 valence electrons. The van der Waals surface area contributed by atoms with Gasteiger partial charge in [-0.2, -0.15) is 0 Å². The molecule has 1 fully saturated rings. The van der Waals surface area contributed by atoms with Gasteiger partial charge in [0.1, 0.15) is 0 Å². The van der Waals surface area contributed by atoms with Gasteiger partial charge < -0.3 is 14.7 Å². The van der Waals surface area contributed by atoms with Gasteiger partial charge in [0.25, 0.3) is 0 Å². The van der Waals surface area contributed by atoms with Crippen molar-refractivity contribution in [2.24, 2.45) is 0 Å². The molecule has 1 N–H and O–H groups in total. The predicted molar refractivity (Wildman–Crippen MR) is 75.9 cm³/mol. The Kier molecular flexibility index (Phi) is 8.64. The topological polar surface area (TPSA) is 32.7 Å². The van der Waals surface area contributed by atoms with Crippen molar-refractivity contribution in [2.45, 2.75) is 70.0 Å². The van der Waals surface area contributed by atoms with Gasteiger partial charge in [-0.05, 0) is 26.9 Å². The lowest BCUT2D eigenvalue weighted by molar-refractivity contribution is -0.0247. The minimum Gasteiger partial charge on any atom is -0.389 e. The molecule has 1 unspecified atom stereocenters. The van der Waals surface area contributed by atoms with Crippen LogP contribution in [0.15, 0.2) is 0 Å². The van der Waals surface area contributed by atoms with Gasteiger partial charge in [0.15, 0.2) is 0 Å². The number of hydrogen-bond donors (Lipinski definition) is 1. The van der Waals surface area contributed by atoms with E-state index in [1.807, 2.05) is 19.0 Å². The summed E-state index contributed by atoms with van der Waals surface area (Å²) in [5, 5.41) is 9.81. The predicted octanol–water partition coefficient (Wildman–Crippen LogP) is 2.82. The zero-order valence-electron chi connectivity index (χ0n) is 12.2. The van der Waals surface area contributed by atoms with E-state index in [-0.39, 0.29) is 6.10 Å². The second kappa shape index (κ2) is 9.76. The van der Waals surface area contributed by atoms with Crippen molar-refractivity contribution >= 4 is 0 Å². The lowest BCUT2D eigenvalue weighted by Gasteiger charge is -2.22. The molecular weight excluding hydrogens is 226 g/mol. The molecule has 0 aromatic carbocycles. The monoisotopic (exact) mass is 257 g/mol. The fraction of sp³-hybridized carbons (Fsp3) is 1.00. The summed E-state index contributed by atoms with van der Waals surface area (Å²) in [6.07, 6.45) is 11.8. The van der Waals surface area contributed by atoms with Crippen LogP contribution >= 0.6 is 0 Å². The lowest BCUT2D eigenvalue weighted by Crippen LogP contribution is -2.31. The number of ether oxygens (including phenoxy) is 1. The van der Waals surface area contributed by atoms with Gasteiger partial charge in [-0.3, -0.25) is 0 Å². The summed E-state index contributed by atoms with van der Waals surface area (Å²) in [6, 6.07) is 0. The molecule has 1 rings (SSSR count). The van der Waals surface area contributed by atoms with E-state index < -0.39 is 0 Å². The van der Waals surface area contributed by atoms with Crippen molar-refractivity contribution in [3.63, 3.8) is 0 Å². The third-order valence-corrected chi connectivity index (χ3v) is 3.65. The first-order valence-electron chi connectivity index (χ1n) is 7.63. The second-order valence-corrected chi connectivity index (χ2v) is 5.92. The molecule has 0 bridgehead atoms. The Labute approximate surface area is 113 Å². The molecule has 0 aromatic heterocycles. The van der Waals surface area contributed by atoms with Crippen molar-refractivity contribution < 1.29 is 9.84 Å². The highest BCUT2D eigenvalue weighted by molar-refractivity contribution is 4.64. The maximum atomic E-state index is 9.81. The van der Waals surface area contributed by atoms with Crippen LogP contribution in [0.2, 0.25) is 0 Å². The molecule has 3 nitrogen and oxygen atoms in total. The van der Waals surface area contributed by atoms with E-state index in [0.29, 0.717) is 19.3 Å². The molecule has 1 atom stereocenters. The van der Waals surface area contributed by atoms with Crippen molar-refractivity contribution in [2.75, 3.05) is 27.2 Å². The van der Waals surface area contributed by atoms with E-state index in [4.69, 9.17) is 4.74 Å². The van der Waals surface area contributed by atoms with E-state index in [9.17, 15) is 5.11 Å². The first-order valence-corrected chi connectivity index (χ1v) is 7.63. The Morgan fingerprint density at radius 3 is 2.00 bits per heavy atom. The normalized spacial score (nSPS) is 22.0. The third kappa shape index (κ3) is 8.06. The summed E-state index contributed by atoms with van der Waals surface area (Å²) >= 11 is 0. The summed E-state index contributed by atoms with van der Waals surface area (Å²) < 4.78 is 5.90. The van der Waals surface area contributed by atoms with E-state index in [1.165, 1.54) is 57.8 Å². The number of rotatable bonds is 5. The van der Waals surface area contributed by atoms with Crippen LogP contribution in [0.4, 0.5) is 0 Å². The minimum absolute atomic E-state index is 0.351. The van der Waals surface area contributed by atoms with Crippen LogP contribution in [0, 0.1) is 0 Å². The van der Waals surface area contributed by atoms with Crippen LogP contribution in [0.1, 0.15) is 57.8 Å². The van der Waals surface area contributed by atoms with E-state index >= 15 is 0 Å². The van der Waals surface area contributed by atoms with Crippen molar-refractivity contribution in [1.82, 2.24) is 4.90 Å². The van der Waals surface area contributed by atoms with E-state index in [1.54, 1.807) is 0 Å². The number of nitrogens with zero attached hydrogens (tertiary/aromatic N) is 1.